The quantitative estimate of drug-likeness (QED) is 0.608. The third kappa shape index (κ3) is 4.01. The molecule has 1 rings (SSSR count). The van der Waals surface area contributed by atoms with Gasteiger partial charge in [-0.3, -0.25) is 4.84 Å². The van der Waals surface area contributed by atoms with Crippen molar-refractivity contribution in [1.29, 1.82) is 0 Å². The molecule has 0 fully saturated rings. The van der Waals surface area contributed by atoms with Crippen molar-refractivity contribution in [1.82, 2.24) is 9.87 Å². The molecule has 0 amide bonds. The van der Waals surface area contributed by atoms with Gasteiger partial charge in [0.2, 0.25) is 0 Å². The number of methoxy groups -OCH3 is 1. The highest BCUT2D eigenvalue weighted by Crippen LogP contribution is 2.21. The first-order valence-corrected chi connectivity index (χ1v) is 6.48. The Bertz CT molecular complexity index is 405. The molecule has 0 atom stereocenters. The molecule has 0 spiro atoms. The fraction of sp³-hybridized carbons (Fsp3) is 0.500. The van der Waals surface area contributed by atoms with Gasteiger partial charge in [-0.15, -0.1) is 0 Å². The Labute approximate surface area is 96.2 Å². The zero-order valence-electron chi connectivity index (χ0n) is 7.77. The number of rotatable bonds is 6. The van der Waals surface area contributed by atoms with E-state index in [-0.39, 0.29) is 15.3 Å². The molecule has 9 heteroatoms. The van der Waals surface area contributed by atoms with Crippen LogP contribution in [0.25, 0.3) is 0 Å². The van der Waals surface area contributed by atoms with Crippen LogP contribution in [-0.4, -0.2) is 33.7 Å². The van der Waals surface area contributed by atoms with Gasteiger partial charge < -0.3 is 4.74 Å². The van der Waals surface area contributed by atoms with Crippen LogP contribution in [0.4, 0.5) is 0 Å². The summed E-state index contributed by atoms with van der Waals surface area (Å²) in [7, 11) is -2.19. The number of halogens is 1. The first kappa shape index (κ1) is 12.8. The number of thiazole rings is 1. The Morgan fingerprint density at radius 2 is 2.33 bits per heavy atom. The van der Waals surface area contributed by atoms with Crippen LogP contribution in [0, 0.1) is 0 Å². The number of nitrogens with zero attached hydrogens (tertiary/aromatic N) is 1. The fourth-order valence-corrected chi connectivity index (χ4v) is 2.75. The number of hydrogen-bond donors (Lipinski definition) is 1. The van der Waals surface area contributed by atoms with E-state index in [0.29, 0.717) is 6.61 Å². The van der Waals surface area contributed by atoms with Crippen LogP contribution in [-0.2, 0) is 19.6 Å². The van der Waals surface area contributed by atoms with E-state index in [1.165, 1.54) is 7.11 Å². The van der Waals surface area contributed by atoms with Gasteiger partial charge in [0.05, 0.1) is 19.4 Å². The van der Waals surface area contributed by atoms with Crippen molar-refractivity contribution < 1.29 is 18.0 Å². The summed E-state index contributed by atoms with van der Waals surface area (Å²) in [6.07, 6.45) is 1.16. The van der Waals surface area contributed by atoms with E-state index < -0.39 is 10.0 Å². The molecule has 1 heterocycles. The van der Waals surface area contributed by atoms with Gasteiger partial charge in [-0.25, -0.2) is 13.4 Å². The second-order valence-corrected chi connectivity index (χ2v) is 5.84. The lowest BCUT2D eigenvalue weighted by Crippen LogP contribution is -2.25. The van der Waals surface area contributed by atoms with E-state index in [0.717, 1.165) is 17.5 Å². The maximum atomic E-state index is 11.4. The zero-order chi connectivity index (χ0) is 11.3. The van der Waals surface area contributed by atoms with Crippen molar-refractivity contribution in [3.63, 3.8) is 0 Å². The summed E-state index contributed by atoms with van der Waals surface area (Å²) in [5.41, 5.74) is 0. The van der Waals surface area contributed by atoms with Crippen LogP contribution in [0.5, 0.6) is 0 Å². The second-order valence-electron chi connectivity index (χ2n) is 2.36. The minimum Gasteiger partial charge on any atom is -0.382 e. The van der Waals surface area contributed by atoms with Gasteiger partial charge in [-0.2, -0.15) is 0 Å². The van der Waals surface area contributed by atoms with E-state index in [1.54, 1.807) is 0 Å². The highest BCUT2D eigenvalue weighted by Gasteiger charge is 2.17. The third-order valence-electron chi connectivity index (χ3n) is 1.28. The van der Waals surface area contributed by atoms with Crippen molar-refractivity contribution in [2.24, 2.45) is 0 Å². The molecule has 1 aromatic heterocycles. The van der Waals surface area contributed by atoms with Crippen LogP contribution < -0.4 is 4.89 Å². The smallest absolute Gasteiger partial charge is 0.273 e. The topological polar surface area (TPSA) is 77.5 Å². The molecule has 0 aliphatic heterocycles. The minimum atomic E-state index is -3.68. The van der Waals surface area contributed by atoms with E-state index >= 15 is 0 Å². The average molecular weight is 273 g/mol. The van der Waals surface area contributed by atoms with Crippen LogP contribution in [0.1, 0.15) is 0 Å². The predicted octanol–water partition coefficient (Wildman–Crippen LogP) is 0.653. The largest absolute Gasteiger partial charge is 0.382 e. The molecule has 1 aromatic rings. The Hall–Kier alpha value is -0.250. The molecule has 0 unspecified atom stereocenters. The molecule has 0 saturated carbocycles. The van der Waals surface area contributed by atoms with Gasteiger partial charge >= 0.3 is 0 Å². The third-order valence-corrected chi connectivity index (χ3v) is 4.07. The normalized spacial score (nSPS) is 11.9. The molecule has 6 nitrogen and oxygen atoms in total. The van der Waals surface area contributed by atoms with Gasteiger partial charge in [-0.05, 0) is 0 Å². The molecule has 15 heavy (non-hydrogen) atoms. The lowest BCUT2D eigenvalue weighted by Gasteiger charge is -2.03. The van der Waals surface area contributed by atoms with Crippen molar-refractivity contribution in [3.05, 3.63) is 10.7 Å². The van der Waals surface area contributed by atoms with Gasteiger partial charge in [-0.1, -0.05) is 27.8 Å². The second kappa shape index (κ2) is 5.73. The van der Waals surface area contributed by atoms with Crippen molar-refractivity contribution >= 4 is 33.0 Å². The van der Waals surface area contributed by atoms with Gasteiger partial charge in [0, 0.05) is 7.11 Å². The van der Waals surface area contributed by atoms with E-state index in [2.05, 4.69) is 14.6 Å². The summed E-state index contributed by atoms with van der Waals surface area (Å²) >= 11 is 6.36. The van der Waals surface area contributed by atoms with E-state index in [1.807, 2.05) is 4.89 Å². The number of aromatic nitrogens is 1. The standard InChI is InChI=1S/C6H9ClN2O4S2/c1-12-2-3-13-9-15(10,11)5-4-8-6(7)14-5/h4,9H,2-3H2,1H3. The zero-order valence-corrected chi connectivity index (χ0v) is 10.2. The molecule has 1 N–H and O–H groups in total. The summed E-state index contributed by atoms with van der Waals surface area (Å²) in [6.45, 7) is 0.425. The molecule has 0 bridgehead atoms. The van der Waals surface area contributed by atoms with Gasteiger partial charge in [0.1, 0.15) is 0 Å². The number of sulfonamides is 1. The average Bonchev–Trinajstić information content (AvgIpc) is 2.60. The minimum absolute atomic E-state index is 0.00455. The Kier molecular flexibility index (Phi) is 4.90. The van der Waals surface area contributed by atoms with Crippen molar-refractivity contribution in [2.45, 2.75) is 4.21 Å². The molecule has 0 saturated heterocycles. The highest BCUT2D eigenvalue weighted by molar-refractivity contribution is 7.91. The molecule has 0 aromatic carbocycles. The molecular weight excluding hydrogens is 264 g/mol. The lowest BCUT2D eigenvalue weighted by molar-refractivity contribution is 0.0439. The predicted molar refractivity (Wildman–Crippen MR) is 55.3 cm³/mol. The number of ether oxygens (including phenoxy) is 1. The highest BCUT2D eigenvalue weighted by atomic mass is 35.5. The lowest BCUT2D eigenvalue weighted by atomic mass is 10.8. The number of nitrogens with one attached hydrogen (secondary N) is 1. The van der Waals surface area contributed by atoms with E-state index in [9.17, 15) is 8.42 Å². The summed E-state index contributed by atoms with van der Waals surface area (Å²) in [6, 6.07) is 0. The van der Waals surface area contributed by atoms with Crippen LogP contribution in [0.2, 0.25) is 4.47 Å². The summed E-state index contributed by atoms with van der Waals surface area (Å²) < 4.78 is 27.7. The SMILES string of the molecule is COCCONS(=O)(=O)c1cnc(Cl)s1. The Morgan fingerprint density at radius 3 is 2.87 bits per heavy atom. The molecule has 0 aliphatic carbocycles. The molecule has 86 valence electrons. The monoisotopic (exact) mass is 272 g/mol. The molecule has 0 aliphatic rings. The summed E-state index contributed by atoms with van der Waals surface area (Å²) in [4.78, 5) is 10.2. The van der Waals surface area contributed by atoms with Crippen LogP contribution in [0.15, 0.2) is 10.4 Å². The van der Waals surface area contributed by atoms with E-state index in [4.69, 9.17) is 11.6 Å². The van der Waals surface area contributed by atoms with Crippen LogP contribution in [0.3, 0.4) is 0 Å². The fourth-order valence-electron chi connectivity index (χ4n) is 0.649. The summed E-state index contributed by atoms with van der Waals surface area (Å²) in [5.74, 6) is 0. The first-order valence-electron chi connectivity index (χ1n) is 3.80. The Balaban J connectivity index is 2.53. The molecule has 0 radical (unpaired) electrons. The Morgan fingerprint density at radius 1 is 1.60 bits per heavy atom. The number of hydrogen-bond acceptors (Lipinski definition) is 6. The van der Waals surface area contributed by atoms with Crippen LogP contribution >= 0.6 is 22.9 Å². The molecular formula is C6H9ClN2O4S2. The van der Waals surface area contributed by atoms with Gasteiger partial charge in [0.25, 0.3) is 10.0 Å². The maximum Gasteiger partial charge on any atom is 0.273 e. The first-order chi connectivity index (χ1) is 7.06. The van der Waals surface area contributed by atoms with Crippen molar-refractivity contribution in [3.8, 4) is 0 Å². The van der Waals surface area contributed by atoms with Crippen molar-refractivity contribution in [2.75, 3.05) is 20.3 Å². The maximum absolute atomic E-state index is 11.4. The summed E-state index contributed by atoms with van der Waals surface area (Å²) in [5, 5.41) is 0. The van der Waals surface area contributed by atoms with Gasteiger partial charge in [0.15, 0.2) is 8.68 Å².